The van der Waals surface area contributed by atoms with Crippen LogP contribution in [0.15, 0.2) is 0 Å². The Morgan fingerprint density at radius 3 is 1.45 bits per heavy atom. The molecule has 0 saturated carbocycles. The highest BCUT2D eigenvalue weighted by Crippen LogP contribution is 2.12. The van der Waals surface area contributed by atoms with Crippen LogP contribution in [0.2, 0.25) is 0 Å². The summed E-state index contributed by atoms with van der Waals surface area (Å²) in [6, 6.07) is 0. The van der Waals surface area contributed by atoms with E-state index in [0.717, 1.165) is 0 Å². The lowest BCUT2D eigenvalue weighted by atomic mass is 10.2. The third-order valence-corrected chi connectivity index (χ3v) is 5.56. The van der Waals surface area contributed by atoms with Crippen molar-refractivity contribution >= 4 is 41.0 Å². The molecule has 0 rings (SSSR count). The van der Waals surface area contributed by atoms with Gasteiger partial charge < -0.3 is 60.3 Å². The van der Waals surface area contributed by atoms with Crippen molar-refractivity contribution in [2.75, 3.05) is 107 Å². The van der Waals surface area contributed by atoms with Crippen molar-refractivity contribution < 1.29 is 47.6 Å². The molecule has 42 heavy (non-hydrogen) atoms. The van der Waals surface area contributed by atoms with E-state index >= 15 is 0 Å². The van der Waals surface area contributed by atoms with E-state index in [1.165, 1.54) is 21.3 Å². The van der Waals surface area contributed by atoms with Crippen molar-refractivity contribution in [3.05, 3.63) is 0 Å². The van der Waals surface area contributed by atoms with Gasteiger partial charge >= 0.3 is 0 Å². The second-order valence-electron chi connectivity index (χ2n) is 8.71. The van der Waals surface area contributed by atoms with Crippen LogP contribution in [0.1, 0.15) is 19.3 Å². The zero-order chi connectivity index (χ0) is 31.5. The molecule has 0 fully saturated rings. The molecule has 0 aliphatic heterocycles. The summed E-state index contributed by atoms with van der Waals surface area (Å²) in [5.74, 6) is -1.26. The molecule has 0 aliphatic rings. The first kappa shape index (κ1) is 39.3. The van der Waals surface area contributed by atoms with E-state index in [1.54, 1.807) is 7.05 Å². The van der Waals surface area contributed by atoms with Gasteiger partial charge in [0.25, 0.3) is 0 Å². The van der Waals surface area contributed by atoms with Gasteiger partial charge in [-0.05, 0) is 12.2 Å². The summed E-state index contributed by atoms with van der Waals surface area (Å²) in [5.41, 5.74) is -1.55. The summed E-state index contributed by atoms with van der Waals surface area (Å²) < 4.78 is 32.2. The summed E-state index contributed by atoms with van der Waals surface area (Å²) in [6.07, 6.45) is 0.0829. The number of rotatable bonds is 26. The summed E-state index contributed by atoms with van der Waals surface area (Å²) in [7, 11) is 6.20. The lowest BCUT2D eigenvalue weighted by molar-refractivity contribution is -0.167. The first-order valence-electron chi connectivity index (χ1n) is 13.5. The van der Waals surface area contributed by atoms with E-state index in [2.05, 4.69) is 31.9 Å². The highest BCUT2D eigenvalue weighted by Gasteiger charge is 2.34. The number of methoxy groups -OCH3 is 3. The molecule has 0 bridgehead atoms. The van der Waals surface area contributed by atoms with Gasteiger partial charge in [-0.25, -0.2) is 0 Å². The number of hydrogen-bond donors (Lipinski definition) is 6. The minimum absolute atomic E-state index is 0.0152. The maximum Gasteiger partial charge on any atom is 0.241 e. The zero-order valence-electron chi connectivity index (χ0n) is 25.1. The number of carbonyl (C=O) groups is 4. The molecule has 0 saturated heterocycles. The molecule has 0 radical (unpaired) electrons. The van der Waals surface area contributed by atoms with Crippen LogP contribution in [0, 0.1) is 0 Å². The van der Waals surface area contributed by atoms with Gasteiger partial charge in [0, 0.05) is 60.9 Å². The average Bonchev–Trinajstić information content (AvgIpc) is 2.96. The number of ether oxygens (including phenoxy) is 6. The molecule has 4 amide bonds. The van der Waals surface area contributed by atoms with Crippen LogP contribution in [0.5, 0.6) is 0 Å². The Balaban J connectivity index is 5.40. The Kier molecular flexibility index (Phi) is 24.3. The summed E-state index contributed by atoms with van der Waals surface area (Å²) in [6.45, 7) is 1.48. The monoisotopic (exact) mass is 624 g/mol. The largest absolute Gasteiger partial charge is 0.383 e. The van der Waals surface area contributed by atoms with Crippen LogP contribution in [0.4, 0.5) is 0 Å². The third kappa shape index (κ3) is 22.0. The molecule has 0 atom stereocenters. The van der Waals surface area contributed by atoms with Gasteiger partial charge in [-0.3, -0.25) is 19.2 Å². The third-order valence-electron chi connectivity index (χ3n) is 5.21. The molecule has 0 aromatic heterocycles. The molecule has 0 aromatic rings. The molecular formula is C25H48N6O10S. The summed E-state index contributed by atoms with van der Waals surface area (Å²) >= 11 is 5.03. The van der Waals surface area contributed by atoms with Crippen molar-refractivity contribution in [3.63, 3.8) is 0 Å². The van der Waals surface area contributed by atoms with Gasteiger partial charge in [0.2, 0.25) is 23.6 Å². The average molecular weight is 625 g/mol. The number of carbonyl (C=O) groups excluding carboxylic acids is 4. The van der Waals surface area contributed by atoms with Crippen LogP contribution in [0.25, 0.3) is 0 Å². The number of nitrogens with one attached hydrogen (secondary N) is 6. The molecule has 0 spiro atoms. The number of amides is 4. The Hall–Kier alpha value is -2.67. The van der Waals surface area contributed by atoms with E-state index in [1.807, 2.05) is 0 Å². The van der Waals surface area contributed by atoms with E-state index < -0.39 is 11.6 Å². The van der Waals surface area contributed by atoms with Crippen LogP contribution in [-0.4, -0.2) is 142 Å². The standard InChI is InChI=1S/C25H48N6O10S/c1-26-24(42)30-17-23(35)31-25(41-13-7-22(34)29-10-16-38-4,18-39-11-5-20(32)27-8-14-36-2)19-40-12-6-21(33)28-9-15-37-3/h5-19H2,1-4H3,(H,27,32)(H,28,33)(H,29,34)(H,31,35)(H2,26,30,42). The SMILES string of the molecule is CNC(=S)NCC(=O)NC(COCCC(=O)NCCOC)(COCCC(=O)NCCOC)OCCC(=O)NCCOC. The minimum Gasteiger partial charge on any atom is -0.383 e. The number of hydrogen-bond acceptors (Lipinski definition) is 11. The fraction of sp³-hybridized carbons (Fsp3) is 0.800. The van der Waals surface area contributed by atoms with Crippen LogP contribution < -0.4 is 31.9 Å². The molecule has 16 nitrogen and oxygen atoms in total. The van der Waals surface area contributed by atoms with E-state index in [4.69, 9.17) is 40.6 Å². The molecule has 0 unspecified atom stereocenters. The molecule has 6 N–H and O–H groups in total. The highest BCUT2D eigenvalue weighted by molar-refractivity contribution is 7.80. The predicted octanol–water partition coefficient (Wildman–Crippen LogP) is -2.60. The molecule has 0 heterocycles. The Labute approximate surface area is 252 Å². The van der Waals surface area contributed by atoms with Crippen LogP contribution in [0.3, 0.4) is 0 Å². The maximum absolute atomic E-state index is 12.8. The molecule has 0 aromatic carbocycles. The Morgan fingerprint density at radius 2 is 1.05 bits per heavy atom. The van der Waals surface area contributed by atoms with Crippen LogP contribution >= 0.6 is 12.2 Å². The van der Waals surface area contributed by atoms with Gasteiger partial charge in [0.1, 0.15) is 0 Å². The Morgan fingerprint density at radius 1 is 0.619 bits per heavy atom. The summed E-state index contributed by atoms with van der Waals surface area (Å²) in [5, 5.41) is 16.5. The minimum atomic E-state index is -1.55. The maximum atomic E-state index is 12.8. The van der Waals surface area contributed by atoms with Gasteiger partial charge in [-0.15, -0.1) is 0 Å². The normalized spacial score (nSPS) is 11.0. The van der Waals surface area contributed by atoms with Crippen molar-refractivity contribution in [1.29, 1.82) is 0 Å². The van der Waals surface area contributed by atoms with Gasteiger partial charge in [0.15, 0.2) is 10.8 Å². The van der Waals surface area contributed by atoms with E-state index in [0.29, 0.717) is 39.5 Å². The van der Waals surface area contributed by atoms with Crippen LogP contribution in [-0.2, 0) is 47.6 Å². The first-order chi connectivity index (χ1) is 20.2. The topological polar surface area (TPSA) is 196 Å². The highest BCUT2D eigenvalue weighted by atomic mass is 32.1. The smallest absolute Gasteiger partial charge is 0.241 e. The van der Waals surface area contributed by atoms with Crippen molar-refractivity contribution in [2.45, 2.75) is 25.0 Å². The van der Waals surface area contributed by atoms with Crippen molar-refractivity contribution in [1.82, 2.24) is 31.9 Å². The van der Waals surface area contributed by atoms with Gasteiger partial charge in [-0.2, -0.15) is 0 Å². The molecular weight excluding hydrogens is 576 g/mol. The van der Waals surface area contributed by atoms with E-state index in [9.17, 15) is 19.2 Å². The Bertz CT molecular complexity index is 763. The van der Waals surface area contributed by atoms with Gasteiger partial charge in [-0.1, -0.05) is 0 Å². The van der Waals surface area contributed by atoms with Gasteiger partial charge in [0.05, 0.1) is 65.8 Å². The van der Waals surface area contributed by atoms with E-state index in [-0.39, 0.29) is 81.7 Å². The summed E-state index contributed by atoms with van der Waals surface area (Å²) in [4.78, 5) is 49.1. The molecule has 17 heteroatoms. The number of thiocarbonyl (C=S) groups is 1. The lowest BCUT2D eigenvalue weighted by Crippen LogP contribution is -2.59. The second-order valence-corrected chi connectivity index (χ2v) is 9.12. The zero-order valence-corrected chi connectivity index (χ0v) is 25.9. The van der Waals surface area contributed by atoms with Crippen molar-refractivity contribution in [3.8, 4) is 0 Å². The second kappa shape index (κ2) is 26.0. The fourth-order valence-electron chi connectivity index (χ4n) is 3.07. The fourth-order valence-corrected chi connectivity index (χ4v) is 3.14. The predicted molar refractivity (Wildman–Crippen MR) is 157 cm³/mol. The first-order valence-corrected chi connectivity index (χ1v) is 14.0. The van der Waals surface area contributed by atoms with Crippen molar-refractivity contribution in [2.24, 2.45) is 0 Å². The lowest BCUT2D eigenvalue weighted by Gasteiger charge is -2.34. The quantitative estimate of drug-likeness (QED) is 0.0333. The molecule has 244 valence electrons. The molecule has 0 aliphatic carbocycles.